The van der Waals surface area contributed by atoms with Crippen LogP contribution in [-0.4, -0.2) is 22.0 Å². The Morgan fingerprint density at radius 1 is 1.09 bits per heavy atom. The van der Waals surface area contributed by atoms with Crippen molar-refractivity contribution < 1.29 is 0 Å². The van der Waals surface area contributed by atoms with E-state index in [1.807, 2.05) is 29.7 Å². The molecule has 1 aromatic carbocycles. The van der Waals surface area contributed by atoms with Crippen molar-refractivity contribution in [1.82, 2.24) is 9.13 Å². The maximum absolute atomic E-state index is 8.16. The number of nitrogens with one attached hydrogen (secondary N) is 1. The zero-order chi connectivity index (χ0) is 15.7. The number of hydrogen-bond donors (Lipinski definition) is 1. The van der Waals surface area contributed by atoms with E-state index in [4.69, 9.17) is 5.41 Å². The van der Waals surface area contributed by atoms with E-state index in [2.05, 4.69) is 46.8 Å². The van der Waals surface area contributed by atoms with Crippen LogP contribution >= 0.6 is 0 Å². The van der Waals surface area contributed by atoms with Crippen LogP contribution in [0.1, 0.15) is 18.2 Å². The molecule has 0 atom stereocenters. The minimum absolute atomic E-state index is 0.451. The number of hydrogen-bond acceptors (Lipinski definition) is 2. The molecule has 112 valence electrons. The number of rotatable bonds is 2. The lowest BCUT2D eigenvalue weighted by Gasteiger charge is -2.11. The Morgan fingerprint density at radius 2 is 1.82 bits per heavy atom. The van der Waals surface area contributed by atoms with Gasteiger partial charge in [-0.2, -0.15) is 0 Å². The molecule has 4 heteroatoms. The summed E-state index contributed by atoms with van der Waals surface area (Å²) in [6.07, 6.45) is 0. The molecule has 2 aromatic heterocycles. The third-order valence-corrected chi connectivity index (χ3v) is 4.04. The molecule has 22 heavy (non-hydrogen) atoms. The van der Waals surface area contributed by atoms with Gasteiger partial charge in [0, 0.05) is 19.3 Å². The standard InChI is InChI=1S/C18H20N4/c1-13-11-17-16(9-10-18(19)22(17)14(2)20-3)21(13)12-15-7-5-4-6-8-15/h4-11,19H,12H2,1-3H3. The summed E-state index contributed by atoms with van der Waals surface area (Å²) >= 11 is 0. The van der Waals surface area contributed by atoms with Gasteiger partial charge in [0.25, 0.3) is 0 Å². The van der Waals surface area contributed by atoms with E-state index in [0.29, 0.717) is 5.49 Å². The van der Waals surface area contributed by atoms with Gasteiger partial charge in [0.05, 0.1) is 11.0 Å². The van der Waals surface area contributed by atoms with E-state index in [9.17, 15) is 0 Å². The molecule has 2 heterocycles. The summed E-state index contributed by atoms with van der Waals surface area (Å²) in [5, 5.41) is 8.16. The number of aryl methyl sites for hydroxylation is 1. The van der Waals surface area contributed by atoms with E-state index in [1.165, 1.54) is 11.3 Å². The van der Waals surface area contributed by atoms with Crippen molar-refractivity contribution in [2.75, 3.05) is 7.05 Å². The predicted molar refractivity (Wildman–Crippen MR) is 90.5 cm³/mol. The number of benzene rings is 1. The molecule has 1 N–H and O–H groups in total. The molecule has 0 bridgehead atoms. The van der Waals surface area contributed by atoms with Crippen LogP contribution in [0, 0.1) is 12.3 Å². The second-order valence-corrected chi connectivity index (χ2v) is 5.45. The Bertz CT molecular complexity index is 898. The monoisotopic (exact) mass is 292 g/mol. The lowest BCUT2D eigenvalue weighted by Crippen LogP contribution is -2.24. The van der Waals surface area contributed by atoms with Gasteiger partial charge in [-0.25, -0.2) is 0 Å². The molecule has 0 radical (unpaired) electrons. The van der Waals surface area contributed by atoms with E-state index in [1.54, 1.807) is 7.05 Å². The van der Waals surface area contributed by atoms with Crippen LogP contribution in [0.3, 0.4) is 0 Å². The lowest BCUT2D eigenvalue weighted by atomic mass is 10.2. The molecule has 3 rings (SSSR count). The summed E-state index contributed by atoms with van der Waals surface area (Å²) in [6.45, 7) is 4.87. The van der Waals surface area contributed by atoms with Crippen molar-refractivity contribution in [2.45, 2.75) is 20.4 Å². The summed E-state index contributed by atoms with van der Waals surface area (Å²) in [6, 6.07) is 16.4. The molecule has 0 amide bonds. The van der Waals surface area contributed by atoms with Gasteiger partial charge in [0.1, 0.15) is 11.3 Å². The highest BCUT2D eigenvalue weighted by Crippen LogP contribution is 2.20. The number of pyridine rings is 1. The van der Waals surface area contributed by atoms with Crippen molar-refractivity contribution in [2.24, 2.45) is 4.99 Å². The molecule has 4 nitrogen and oxygen atoms in total. The van der Waals surface area contributed by atoms with Gasteiger partial charge in [0.2, 0.25) is 0 Å². The highest BCUT2D eigenvalue weighted by molar-refractivity contribution is 5.92. The zero-order valence-corrected chi connectivity index (χ0v) is 13.2. The third kappa shape index (κ3) is 2.37. The second-order valence-electron chi connectivity index (χ2n) is 5.45. The van der Waals surface area contributed by atoms with Gasteiger partial charge in [-0.15, -0.1) is 0 Å². The Kier molecular flexibility index (Phi) is 3.67. The molecule has 3 aromatic rings. The van der Waals surface area contributed by atoms with Gasteiger partial charge >= 0.3 is 0 Å². The van der Waals surface area contributed by atoms with Gasteiger partial charge in [-0.05, 0) is 37.6 Å². The molecule has 0 saturated carbocycles. The van der Waals surface area contributed by atoms with Crippen molar-refractivity contribution in [3.8, 4) is 0 Å². The fraction of sp³-hybridized carbons (Fsp3) is 0.222. The Balaban J connectivity index is 2.21. The molecular weight excluding hydrogens is 272 g/mol. The Hall–Kier alpha value is -2.62. The highest BCUT2D eigenvalue weighted by Gasteiger charge is 2.11. The van der Waals surface area contributed by atoms with Crippen LogP contribution in [0.2, 0.25) is 0 Å². The van der Waals surface area contributed by atoms with Crippen LogP contribution in [0.25, 0.3) is 11.0 Å². The topological polar surface area (TPSA) is 46.1 Å². The lowest BCUT2D eigenvalue weighted by molar-refractivity contribution is 0.804. The number of fused-ring (bicyclic) bond motifs is 1. The van der Waals surface area contributed by atoms with Gasteiger partial charge in [-0.3, -0.25) is 15.0 Å². The van der Waals surface area contributed by atoms with Gasteiger partial charge in [-0.1, -0.05) is 30.3 Å². The predicted octanol–water partition coefficient (Wildman–Crippen LogP) is 3.18. The number of nitrogens with zero attached hydrogens (tertiary/aromatic N) is 3. The molecular formula is C18H20N4. The molecule has 0 fully saturated rings. The van der Waals surface area contributed by atoms with Gasteiger partial charge in [0.15, 0.2) is 0 Å². The first-order chi connectivity index (χ1) is 10.6. The Morgan fingerprint density at radius 3 is 2.50 bits per heavy atom. The fourth-order valence-electron chi connectivity index (χ4n) is 2.82. The molecule has 0 saturated heterocycles. The largest absolute Gasteiger partial charge is 0.339 e. The maximum Gasteiger partial charge on any atom is 0.130 e. The molecule has 0 aliphatic heterocycles. The van der Waals surface area contributed by atoms with Crippen molar-refractivity contribution in [1.29, 1.82) is 5.41 Å². The quantitative estimate of drug-likeness (QED) is 0.557. The average molecular weight is 292 g/mol. The van der Waals surface area contributed by atoms with Crippen LogP contribution in [0.15, 0.2) is 53.5 Å². The van der Waals surface area contributed by atoms with Crippen LogP contribution in [0.5, 0.6) is 0 Å². The maximum atomic E-state index is 8.16. The third-order valence-electron chi connectivity index (χ3n) is 4.04. The van der Waals surface area contributed by atoms with Crippen LogP contribution in [-0.2, 0) is 6.54 Å². The van der Waals surface area contributed by atoms with Gasteiger partial charge < -0.3 is 4.57 Å². The molecule has 0 unspecified atom stereocenters. The van der Waals surface area contributed by atoms with E-state index >= 15 is 0 Å². The molecule has 0 spiro atoms. The first kappa shape index (κ1) is 14.3. The normalized spacial score (nSPS) is 12.0. The van der Waals surface area contributed by atoms with E-state index in [0.717, 1.165) is 23.4 Å². The summed E-state index contributed by atoms with van der Waals surface area (Å²) < 4.78 is 4.17. The van der Waals surface area contributed by atoms with E-state index < -0.39 is 0 Å². The van der Waals surface area contributed by atoms with Crippen molar-refractivity contribution in [3.05, 3.63) is 65.3 Å². The van der Waals surface area contributed by atoms with Crippen LogP contribution < -0.4 is 5.49 Å². The highest BCUT2D eigenvalue weighted by atomic mass is 15.1. The van der Waals surface area contributed by atoms with Crippen molar-refractivity contribution in [3.63, 3.8) is 0 Å². The SMILES string of the molecule is CN=C(C)n1c(=N)ccc2c1cc(C)n2Cc1ccccc1. The molecule has 0 aliphatic carbocycles. The average Bonchev–Trinajstić information content (AvgIpc) is 2.83. The fourth-order valence-corrected chi connectivity index (χ4v) is 2.82. The smallest absolute Gasteiger partial charge is 0.130 e. The zero-order valence-electron chi connectivity index (χ0n) is 13.2. The summed E-state index contributed by atoms with van der Waals surface area (Å²) in [5.41, 5.74) is 5.06. The second kappa shape index (κ2) is 5.64. The summed E-state index contributed by atoms with van der Waals surface area (Å²) in [7, 11) is 1.76. The first-order valence-electron chi connectivity index (χ1n) is 7.36. The molecule has 0 aliphatic rings. The van der Waals surface area contributed by atoms with E-state index in [-0.39, 0.29) is 0 Å². The Labute approximate surface area is 129 Å². The number of aliphatic imine (C=N–C) groups is 1. The number of aromatic nitrogens is 2. The summed E-state index contributed by atoms with van der Waals surface area (Å²) in [5.74, 6) is 0.826. The van der Waals surface area contributed by atoms with Crippen LogP contribution in [0.4, 0.5) is 0 Å². The summed E-state index contributed by atoms with van der Waals surface area (Å²) in [4.78, 5) is 4.24. The van der Waals surface area contributed by atoms with Crippen molar-refractivity contribution >= 4 is 16.9 Å². The minimum atomic E-state index is 0.451. The first-order valence-corrected chi connectivity index (χ1v) is 7.36. The minimum Gasteiger partial charge on any atom is -0.339 e.